The van der Waals surface area contributed by atoms with Gasteiger partial charge in [-0.15, -0.1) is 0 Å². The van der Waals surface area contributed by atoms with Gasteiger partial charge in [0.25, 0.3) is 12.3 Å². The van der Waals surface area contributed by atoms with Gasteiger partial charge < -0.3 is 15.4 Å². The van der Waals surface area contributed by atoms with Crippen LogP contribution in [0.15, 0.2) is 36.5 Å². The third kappa shape index (κ3) is 5.73. The Bertz CT molecular complexity index is 900. The summed E-state index contributed by atoms with van der Waals surface area (Å²) in [7, 11) is 0. The Morgan fingerprint density at radius 3 is 2.66 bits per heavy atom. The zero-order chi connectivity index (χ0) is 21.0. The first-order chi connectivity index (χ1) is 13.8. The number of rotatable bonds is 8. The zero-order valence-electron chi connectivity index (χ0n) is 16.2. The minimum Gasteiger partial charge on any atom is -0.488 e. The molecule has 2 aromatic rings. The van der Waals surface area contributed by atoms with Gasteiger partial charge in [-0.25, -0.2) is 13.8 Å². The standard InChI is InChI=1S/C21H23F2N3O3/c1-12-9-16(29-11-18(22)23)5-6-17(12)13(2)25-21(28)15-7-8-24-19(10-15)26-20(27)14-3-4-14/h5-10,13-14,18H,3-4,11H2,1-2H3,(H,25,28)(H,24,26,27). The summed E-state index contributed by atoms with van der Waals surface area (Å²) in [4.78, 5) is 28.6. The van der Waals surface area contributed by atoms with E-state index in [1.165, 1.54) is 12.3 Å². The summed E-state index contributed by atoms with van der Waals surface area (Å²) >= 11 is 0. The number of halogens is 2. The molecule has 3 rings (SSSR count). The second-order valence-corrected chi connectivity index (χ2v) is 7.11. The molecule has 1 unspecified atom stereocenters. The lowest BCUT2D eigenvalue weighted by atomic mass is 10.0. The van der Waals surface area contributed by atoms with Gasteiger partial charge in [-0.1, -0.05) is 6.07 Å². The summed E-state index contributed by atoms with van der Waals surface area (Å²) in [6, 6.07) is 7.81. The first kappa shape index (κ1) is 20.7. The summed E-state index contributed by atoms with van der Waals surface area (Å²) < 4.78 is 29.6. The molecule has 1 fully saturated rings. The van der Waals surface area contributed by atoms with E-state index in [1.54, 1.807) is 24.3 Å². The fraction of sp³-hybridized carbons (Fsp3) is 0.381. The molecule has 1 aliphatic rings. The molecule has 0 radical (unpaired) electrons. The molecule has 8 heteroatoms. The highest BCUT2D eigenvalue weighted by atomic mass is 19.3. The molecule has 1 aromatic carbocycles. The zero-order valence-corrected chi connectivity index (χ0v) is 16.2. The summed E-state index contributed by atoms with van der Waals surface area (Å²) in [6.07, 6.45) is 0.708. The van der Waals surface area contributed by atoms with Crippen LogP contribution in [0.2, 0.25) is 0 Å². The number of pyridine rings is 1. The van der Waals surface area contributed by atoms with Gasteiger partial charge in [0.1, 0.15) is 18.2 Å². The molecule has 0 aliphatic heterocycles. The van der Waals surface area contributed by atoms with Crippen molar-refractivity contribution in [3.8, 4) is 5.75 Å². The van der Waals surface area contributed by atoms with Crippen LogP contribution in [-0.4, -0.2) is 29.8 Å². The third-order valence-electron chi connectivity index (χ3n) is 4.65. The van der Waals surface area contributed by atoms with Gasteiger partial charge in [-0.05, 0) is 62.1 Å². The van der Waals surface area contributed by atoms with E-state index in [2.05, 4.69) is 15.6 Å². The molecule has 1 aliphatic carbocycles. The quantitative estimate of drug-likeness (QED) is 0.701. The van der Waals surface area contributed by atoms with Crippen LogP contribution in [0.4, 0.5) is 14.6 Å². The fourth-order valence-corrected chi connectivity index (χ4v) is 2.95. The molecule has 1 aromatic heterocycles. The number of amides is 2. The second-order valence-electron chi connectivity index (χ2n) is 7.11. The first-order valence-corrected chi connectivity index (χ1v) is 9.42. The number of aryl methyl sites for hydroxylation is 1. The number of aromatic nitrogens is 1. The number of hydrogen-bond acceptors (Lipinski definition) is 4. The minimum absolute atomic E-state index is 0.0462. The van der Waals surface area contributed by atoms with Gasteiger partial charge in [-0.3, -0.25) is 9.59 Å². The van der Waals surface area contributed by atoms with Crippen LogP contribution in [0, 0.1) is 12.8 Å². The lowest BCUT2D eigenvalue weighted by molar-refractivity contribution is -0.117. The number of alkyl halides is 2. The number of nitrogens with one attached hydrogen (secondary N) is 2. The summed E-state index contributed by atoms with van der Waals surface area (Å²) in [6.45, 7) is 2.99. The highest BCUT2D eigenvalue weighted by Gasteiger charge is 2.29. The van der Waals surface area contributed by atoms with Gasteiger partial charge in [0.05, 0.1) is 6.04 Å². The Kier molecular flexibility index (Phi) is 6.41. The van der Waals surface area contributed by atoms with Crippen LogP contribution in [0.1, 0.15) is 47.3 Å². The molecule has 154 valence electrons. The van der Waals surface area contributed by atoms with Gasteiger partial charge in [0, 0.05) is 17.7 Å². The largest absolute Gasteiger partial charge is 0.488 e. The monoisotopic (exact) mass is 403 g/mol. The highest BCUT2D eigenvalue weighted by Crippen LogP contribution is 2.30. The van der Waals surface area contributed by atoms with Crippen LogP contribution in [0.3, 0.4) is 0 Å². The molecule has 1 atom stereocenters. The maximum atomic E-state index is 12.6. The molecule has 1 saturated carbocycles. The van der Waals surface area contributed by atoms with Crippen molar-refractivity contribution in [2.24, 2.45) is 5.92 Å². The molecule has 0 spiro atoms. The van der Waals surface area contributed by atoms with E-state index in [-0.39, 0.29) is 23.8 Å². The van der Waals surface area contributed by atoms with E-state index in [1.807, 2.05) is 13.8 Å². The van der Waals surface area contributed by atoms with Crippen molar-refractivity contribution in [1.82, 2.24) is 10.3 Å². The predicted octanol–water partition coefficient (Wildman–Crippen LogP) is 3.87. The predicted molar refractivity (Wildman–Crippen MR) is 104 cm³/mol. The van der Waals surface area contributed by atoms with Crippen molar-refractivity contribution in [2.45, 2.75) is 39.2 Å². The summed E-state index contributed by atoms with van der Waals surface area (Å²) in [5.74, 6) is 0.367. The molecule has 2 amide bonds. The van der Waals surface area contributed by atoms with Crippen LogP contribution >= 0.6 is 0 Å². The first-order valence-electron chi connectivity index (χ1n) is 9.42. The number of carbonyl (C=O) groups is 2. The molecule has 29 heavy (non-hydrogen) atoms. The minimum atomic E-state index is -2.53. The Morgan fingerprint density at radius 1 is 1.24 bits per heavy atom. The van der Waals surface area contributed by atoms with E-state index in [0.717, 1.165) is 24.0 Å². The Hall–Kier alpha value is -3.03. The number of ether oxygens (including phenoxy) is 1. The van der Waals surface area contributed by atoms with Crippen LogP contribution in [0.25, 0.3) is 0 Å². The molecule has 2 N–H and O–H groups in total. The maximum absolute atomic E-state index is 12.6. The lowest BCUT2D eigenvalue weighted by Crippen LogP contribution is -2.27. The Labute approximate surface area is 167 Å². The van der Waals surface area contributed by atoms with Crippen molar-refractivity contribution < 1.29 is 23.1 Å². The van der Waals surface area contributed by atoms with Crippen LogP contribution < -0.4 is 15.4 Å². The van der Waals surface area contributed by atoms with Gasteiger partial charge >= 0.3 is 0 Å². The van der Waals surface area contributed by atoms with Crippen molar-refractivity contribution in [1.29, 1.82) is 0 Å². The van der Waals surface area contributed by atoms with Crippen molar-refractivity contribution >= 4 is 17.6 Å². The Morgan fingerprint density at radius 2 is 2.00 bits per heavy atom. The topological polar surface area (TPSA) is 80.3 Å². The van der Waals surface area contributed by atoms with Crippen molar-refractivity contribution in [2.75, 3.05) is 11.9 Å². The molecule has 1 heterocycles. The average molecular weight is 403 g/mol. The lowest BCUT2D eigenvalue weighted by Gasteiger charge is -2.18. The van der Waals surface area contributed by atoms with Gasteiger partial charge in [0.2, 0.25) is 5.91 Å². The molecule has 0 saturated heterocycles. The molecular formula is C21H23F2N3O3. The molecule has 6 nitrogen and oxygen atoms in total. The fourth-order valence-electron chi connectivity index (χ4n) is 2.95. The number of benzene rings is 1. The van der Waals surface area contributed by atoms with E-state index < -0.39 is 13.0 Å². The van der Waals surface area contributed by atoms with Gasteiger partial charge in [-0.2, -0.15) is 0 Å². The second kappa shape index (κ2) is 8.98. The normalized spacial score (nSPS) is 14.4. The average Bonchev–Trinajstić information content (AvgIpc) is 3.52. The molecular weight excluding hydrogens is 380 g/mol. The molecule has 0 bridgehead atoms. The van der Waals surface area contributed by atoms with E-state index in [9.17, 15) is 18.4 Å². The van der Waals surface area contributed by atoms with Crippen LogP contribution in [-0.2, 0) is 4.79 Å². The number of nitrogens with zero attached hydrogens (tertiary/aromatic N) is 1. The summed E-state index contributed by atoms with van der Waals surface area (Å²) in [5.41, 5.74) is 2.04. The van der Waals surface area contributed by atoms with E-state index >= 15 is 0 Å². The smallest absolute Gasteiger partial charge is 0.272 e. The van der Waals surface area contributed by atoms with E-state index in [0.29, 0.717) is 17.1 Å². The number of carbonyl (C=O) groups excluding carboxylic acids is 2. The number of hydrogen-bond donors (Lipinski definition) is 2. The highest BCUT2D eigenvalue weighted by molar-refractivity contribution is 5.97. The maximum Gasteiger partial charge on any atom is 0.272 e. The summed E-state index contributed by atoms with van der Waals surface area (Å²) in [5, 5.41) is 5.62. The number of anilines is 1. The van der Waals surface area contributed by atoms with Crippen LogP contribution in [0.5, 0.6) is 5.75 Å². The SMILES string of the molecule is Cc1cc(OCC(F)F)ccc1C(C)NC(=O)c1ccnc(NC(=O)C2CC2)c1. The third-order valence-corrected chi connectivity index (χ3v) is 4.65. The Balaban J connectivity index is 1.63. The van der Waals surface area contributed by atoms with Gasteiger partial charge in [0.15, 0.2) is 0 Å². The van der Waals surface area contributed by atoms with E-state index in [4.69, 9.17) is 4.74 Å². The van der Waals surface area contributed by atoms with Crippen molar-refractivity contribution in [3.63, 3.8) is 0 Å². The van der Waals surface area contributed by atoms with Crippen molar-refractivity contribution in [3.05, 3.63) is 53.2 Å².